The summed E-state index contributed by atoms with van der Waals surface area (Å²) in [7, 11) is 0. The van der Waals surface area contributed by atoms with E-state index in [9.17, 15) is 0 Å². The Bertz CT molecular complexity index is 605. The van der Waals surface area contributed by atoms with Gasteiger partial charge < -0.3 is 10.6 Å². The van der Waals surface area contributed by atoms with Gasteiger partial charge in [-0.05, 0) is 61.7 Å². The van der Waals surface area contributed by atoms with E-state index in [1.54, 1.807) is 0 Å². The lowest BCUT2D eigenvalue weighted by Gasteiger charge is -2.11. The number of hydrogen-bond acceptors (Lipinski definition) is 1. The van der Waals surface area contributed by atoms with Crippen LogP contribution in [0.1, 0.15) is 30.0 Å². The number of hydrogen-bond donors (Lipinski definition) is 2. The van der Waals surface area contributed by atoms with Crippen molar-refractivity contribution in [3.8, 4) is 0 Å². The van der Waals surface area contributed by atoms with Gasteiger partial charge >= 0.3 is 0 Å². The van der Waals surface area contributed by atoms with E-state index in [2.05, 4.69) is 73.0 Å². The molecule has 0 unspecified atom stereocenters. The molecule has 2 aromatic carbocycles. The van der Waals surface area contributed by atoms with Crippen LogP contribution in [0.3, 0.4) is 0 Å². The van der Waals surface area contributed by atoms with Gasteiger partial charge in [0.05, 0.1) is 0 Å². The summed E-state index contributed by atoms with van der Waals surface area (Å²) in [5, 5.41) is 7.17. The van der Waals surface area contributed by atoms with Crippen molar-refractivity contribution >= 4 is 23.0 Å². The zero-order valence-corrected chi connectivity index (χ0v) is 14.2. The summed E-state index contributed by atoms with van der Waals surface area (Å²) in [4.78, 5) is 0. The van der Waals surface area contributed by atoms with Gasteiger partial charge in [-0.1, -0.05) is 48.9 Å². The van der Waals surface area contributed by atoms with Gasteiger partial charge in [-0.15, -0.1) is 0 Å². The molecule has 0 atom stereocenters. The molecule has 0 aromatic heterocycles. The van der Waals surface area contributed by atoms with Crippen LogP contribution in [0.25, 0.3) is 0 Å². The first-order valence-electron chi connectivity index (χ1n) is 7.86. The molecule has 2 N–H and O–H groups in total. The van der Waals surface area contributed by atoms with Gasteiger partial charge in [-0.2, -0.15) is 0 Å². The first-order valence-corrected chi connectivity index (χ1v) is 8.27. The van der Waals surface area contributed by atoms with Crippen LogP contribution < -0.4 is 10.6 Å². The summed E-state index contributed by atoms with van der Waals surface area (Å²) < 4.78 is 0. The second-order valence-corrected chi connectivity index (χ2v) is 5.93. The van der Waals surface area contributed by atoms with Crippen molar-refractivity contribution in [3.63, 3.8) is 0 Å². The average molecular weight is 312 g/mol. The molecule has 3 heteroatoms. The van der Waals surface area contributed by atoms with Gasteiger partial charge in [0.25, 0.3) is 0 Å². The lowest BCUT2D eigenvalue weighted by atomic mass is 10.1. The molecule has 2 rings (SSSR count). The van der Waals surface area contributed by atoms with E-state index < -0.39 is 0 Å². The fourth-order valence-electron chi connectivity index (χ4n) is 2.36. The van der Waals surface area contributed by atoms with Gasteiger partial charge in [0, 0.05) is 12.2 Å². The van der Waals surface area contributed by atoms with Crippen LogP contribution in [0.4, 0.5) is 5.69 Å². The predicted octanol–water partition coefficient (Wildman–Crippen LogP) is 4.48. The smallest absolute Gasteiger partial charge is 0.170 e. The van der Waals surface area contributed by atoms with Crippen molar-refractivity contribution in [2.24, 2.45) is 0 Å². The molecule has 116 valence electrons. The van der Waals surface area contributed by atoms with Crippen molar-refractivity contribution in [1.82, 2.24) is 5.32 Å². The first-order chi connectivity index (χ1) is 10.7. The van der Waals surface area contributed by atoms with Gasteiger partial charge in [0.2, 0.25) is 0 Å². The minimum atomic E-state index is 0.688. The molecule has 0 heterocycles. The van der Waals surface area contributed by atoms with E-state index in [1.165, 1.54) is 16.7 Å². The highest BCUT2D eigenvalue weighted by Gasteiger charge is 1.98. The molecule has 0 saturated heterocycles. The molecule has 2 nitrogen and oxygen atoms in total. The number of benzene rings is 2. The summed E-state index contributed by atoms with van der Waals surface area (Å²) in [6.45, 7) is 5.17. The molecule has 0 aliphatic heterocycles. The number of nitrogens with one attached hydrogen (secondary N) is 2. The molecule has 0 aliphatic carbocycles. The second-order valence-electron chi connectivity index (χ2n) is 5.52. The van der Waals surface area contributed by atoms with Crippen LogP contribution in [-0.2, 0) is 12.8 Å². The summed E-state index contributed by atoms with van der Waals surface area (Å²) in [5.41, 5.74) is 5.07. The molecular formula is C19H24N2S. The molecular weight excluding hydrogens is 288 g/mol. The maximum atomic E-state index is 5.33. The Morgan fingerprint density at radius 1 is 1.05 bits per heavy atom. The Morgan fingerprint density at radius 2 is 1.82 bits per heavy atom. The molecule has 0 bridgehead atoms. The maximum Gasteiger partial charge on any atom is 0.170 e. The topological polar surface area (TPSA) is 24.1 Å². The van der Waals surface area contributed by atoms with E-state index in [-0.39, 0.29) is 0 Å². The third kappa shape index (κ3) is 5.49. The summed E-state index contributed by atoms with van der Waals surface area (Å²) in [6.07, 6.45) is 3.20. The molecule has 0 saturated carbocycles. The Labute approximate surface area is 139 Å². The van der Waals surface area contributed by atoms with Gasteiger partial charge in [-0.3, -0.25) is 0 Å². The number of thiocarbonyl (C=S) groups is 1. The zero-order valence-electron chi connectivity index (χ0n) is 13.4. The highest BCUT2D eigenvalue weighted by atomic mass is 32.1. The molecule has 0 radical (unpaired) electrons. The van der Waals surface area contributed by atoms with Crippen LogP contribution >= 0.6 is 12.2 Å². The van der Waals surface area contributed by atoms with Gasteiger partial charge in [0.15, 0.2) is 5.11 Å². The normalized spacial score (nSPS) is 10.3. The highest BCUT2D eigenvalue weighted by molar-refractivity contribution is 7.80. The van der Waals surface area contributed by atoms with Crippen LogP contribution in [0.2, 0.25) is 0 Å². The minimum Gasteiger partial charge on any atom is -0.362 e. The summed E-state index contributed by atoms with van der Waals surface area (Å²) >= 11 is 5.33. The van der Waals surface area contributed by atoms with Gasteiger partial charge in [0.1, 0.15) is 0 Å². The summed E-state index contributed by atoms with van der Waals surface area (Å²) in [5.74, 6) is 0. The van der Waals surface area contributed by atoms with E-state index >= 15 is 0 Å². The lowest BCUT2D eigenvalue weighted by molar-refractivity contribution is 0.777. The Morgan fingerprint density at radius 3 is 2.50 bits per heavy atom. The number of rotatable bonds is 6. The minimum absolute atomic E-state index is 0.688. The van der Waals surface area contributed by atoms with Crippen molar-refractivity contribution in [1.29, 1.82) is 0 Å². The van der Waals surface area contributed by atoms with E-state index in [4.69, 9.17) is 12.2 Å². The van der Waals surface area contributed by atoms with E-state index in [1.807, 2.05) is 0 Å². The molecule has 0 fully saturated rings. The third-order valence-electron chi connectivity index (χ3n) is 3.63. The summed E-state index contributed by atoms with van der Waals surface area (Å²) in [6, 6.07) is 17.1. The van der Waals surface area contributed by atoms with Crippen LogP contribution in [0.5, 0.6) is 0 Å². The molecule has 2 aromatic rings. The second kappa shape index (κ2) is 8.54. The van der Waals surface area contributed by atoms with Gasteiger partial charge in [-0.25, -0.2) is 0 Å². The third-order valence-corrected chi connectivity index (χ3v) is 3.88. The molecule has 0 aliphatic rings. The Hall–Kier alpha value is -1.87. The quantitative estimate of drug-likeness (QED) is 0.607. The van der Waals surface area contributed by atoms with E-state index in [0.29, 0.717) is 5.11 Å². The Balaban J connectivity index is 1.69. The van der Waals surface area contributed by atoms with Crippen LogP contribution in [0, 0.1) is 6.92 Å². The molecule has 0 amide bonds. The predicted molar refractivity (Wildman–Crippen MR) is 99.5 cm³/mol. The maximum absolute atomic E-state index is 5.33. The monoisotopic (exact) mass is 312 g/mol. The fraction of sp³-hybridized carbons (Fsp3) is 0.316. The van der Waals surface area contributed by atoms with E-state index in [0.717, 1.165) is 31.5 Å². The number of aryl methyl sites for hydroxylation is 3. The average Bonchev–Trinajstić information content (AvgIpc) is 2.52. The zero-order chi connectivity index (χ0) is 15.8. The SMILES string of the molecule is CCc1ccc(NC(=S)NCCCc2cccc(C)c2)cc1. The van der Waals surface area contributed by atoms with Crippen molar-refractivity contribution < 1.29 is 0 Å². The molecule has 22 heavy (non-hydrogen) atoms. The van der Waals surface area contributed by atoms with Crippen molar-refractivity contribution in [2.75, 3.05) is 11.9 Å². The lowest BCUT2D eigenvalue weighted by Crippen LogP contribution is -2.29. The molecule has 0 spiro atoms. The fourth-order valence-corrected chi connectivity index (χ4v) is 2.58. The number of anilines is 1. The largest absolute Gasteiger partial charge is 0.362 e. The standard InChI is InChI=1S/C19H24N2S/c1-3-16-9-11-18(12-10-16)21-19(22)20-13-5-8-17-7-4-6-15(2)14-17/h4,6-7,9-12,14H,3,5,8,13H2,1-2H3,(H2,20,21,22). The highest BCUT2D eigenvalue weighted by Crippen LogP contribution is 2.10. The van der Waals surface area contributed by atoms with Crippen LogP contribution in [-0.4, -0.2) is 11.7 Å². The Kier molecular flexibility index (Phi) is 6.41. The van der Waals surface area contributed by atoms with Crippen molar-refractivity contribution in [3.05, 3.63) is 65.2 Å². The first kappa shape index (κ1) is 16.5. The van der Waals surface area contributed by atoms with Crippen LogP contribution in [0.15, 0.2) is 48.5 Å². The van der Waals surface area contributed by atoms with Crippen molar-refractivity contribution in [2.45, 2.75) is 33.1 Å².